The lowest BCUT2D eigenvalue weighted by Gasteiger charge is -2.47. The Hall–Kier alpha value is -2.76. The molecule has 0 unspecified atom stereocenters. The number of hydrogen-bond donors (Lipinski definition) is 2. The first-order valence-corrected chi connectivity index (χ1v) is 16.1. The number of halogens is 2. The van der Waals surface area contributed by atoms with Gasteiger partial charge in [0, 0.05) is 33.2 Å². The minimum absolute atomic E-state index is 0.0759. The molecular weight excluding hydrogens is 567 g/mol. The smallest absolute Gasteiger partial charge is 0.329 e. The molecule has 3 aromatic rings. The summed E-state index contributed by atoms with van der Waals surface area (Å²) in [4.78, 5) is 17.4. The second-order valence-corrected chi connectivity index (χ2v) is 13.9. The van der Waals surface area contributed by atoms with E-state index in [0.29, 0.717) is 42.2 Å². The summed E-state index contributed by atoms with van der Waals surface area (Å²) >= 11 is 12.7. The van der Waals surface area contributed by atoms with Crippen LogP contribution in [0.25, 0.3) is 0 Å². The number of aromatic nitrogens is 1. The fourth-order valence-electron chi connectivity index (χ4n) is 8.10. The zero-order chi connectivity index (χ0) is 29.5. The van der Waals surface area contributed by atoms with Gasteiger partial charge >= 0.3 is 5.97 Å². The number of aliphatic carboxylic acids is 1. The highest BCUT2D eigenvalue weighted by Crippen LogP contribution is 2.56. The third-order valence-corrected chi connectivity index (χ3v) is 10.7. The molecule has 0 radical (unpaired) electrons. The van der Waals surface area contributed by atoms with Gasteiger partial charge in [-0.1, -0.05) is 49.2 Å². The SMILES string of the molecule is C[C@@H](COc1ccnc2c1[C@H](C)CCC2)C[C@H]1Cc2cc(Cl)ccc2C12CCC(Nc1cccc(Cl)c1)(C(=O)O)CC2. The summed E-state index contributed by atoms with van der Waals surface area (Å²) in [6.07, 6.45) is 9.94. The molecule has 2 aromatic carbocycles. The summed E-state index contributed by atoms with van der Waals surface area (Å²) in [5.74, 6) is 1.40. The zero-order valence-corrected chi connectivity index (χ0v) is 26.0. The molecule has 2 N–H and O–H groups in total. The minimum Gasteiger partial charge on any atom is -0.493 e. The first kappa shape index (κ1) is 29.3. The lowest BCUT2D eigenvalue weighted by atomic mass is 9.59. The van der Waals surface area contributed by atoms with Crippen LogP contribution in [0, 0.1) is 11.8 Å². The van der Waals surface area contributed by atoms with Crippen LogP contribution in [-0.4, -0.2) is 28.2 Å². The van der Waals surface area contributed by atoms with Crippen molar-refractivity contribution in [3.8, 4) is 5.75 Å². The molecule has 0 bridgehead atoms. The van der Waals surface area contributed by atoms with Gasteiger partial charge in [-0.2, -0.15) is 0 Å². The van der Waals surface area contributed by atoms with E-state index < -0.39 is 11.5 Å². The van der Waals surface area contributed by atoms with E-state index in [1.54, 1.807) is 12.1 Å². The summed E-state index contributed by atoms with van der Waals surface area (Å²) in [5.41, 5.74) is 4.78. The van der Waals surface area contributed by atoms with Crippen LogP contribution in [-0.2, 0) is 23.1 Å². The fourth-order valence-corrected chi connectivity index (χ4v) is 8.48. The average Bonchev–Trinajstić information content (AvgIpc) is 3.24. The Morgan fingerprint density at radius 2 is 1.90 bits per heavy atom. The molecule has 0 saturated heterocycles. The lowest BCUT2D eigenvalue weighted by molar-refractivity contribution is -0.144. The van der Waals surface area contributed by atoms with Gasteiger partial charge in [0.15, 0.2) is 0 Å². The molecule has 7 heteroatoms. The Balaban J connectivity index is 1.21. The third kappa shape index (κ3) is 5.51. The number of benzene rings is 2. The maximum atomic E-state index is 12.7. The number of nitrogens with zero attached hydrogens (tertiary/aromatic N) is 1. The molecule has 42 heavy (non-hydrogen) atoms. The second kappa shape index (κ2) is 11.7. The molecule has 1 heterocycles. The number of pyridine rings is 1. The Bertz CT molecular complexity index is 1470. The van der Waals surface area contributed by atoms with Gasteiger partial charge in [0.1, 0.15) is 11.3 Å². The zero-order valence-electron chi connectivity index (χ0n) is 24.5. The number of hydrogen-bond acceptors (Lipinski definition) is 4. The van der Waals surface area contributed by atoms with E-state index in [4.69, 9.17) is 27.9 Å². The van der Waals surface area contributed by atoms with Gasteiger partial charge in [-0.05, 0) is 128 Å². The van der Waals surface area contributed by atoms with Gasteiger partial charge in [0.05, 0.1) is 6.61 Å². The van der Waals surface area contributed by atoms with E-state index in [1.807, 2.05) is 30.5 Å². The van der Waals surface area contributed by atoms with E-state index in [2.05, 4.69) is 36.3 Å². The van der Waals surface area contributed by atoms with E-state index in [9.17, 15) is 9.90 Å². The Kier molecular flexibility index (Phi) is 8.19. The predicted octanol–water partition coefficient (Wildman–Crippen LogP) is 8.85. The van der Waals surface area contributed by atoms with E-state index in [1.165, 1.54) is 35.2 Å². The van der Waals surface area contributed by atoms with Crippen LogP contribution in [0.15, 0.2) is 54.7 Å². The molecule has 0 amide bonds. The topological polar surface area (TPSA) is 71.5 Å². The first-order valence-electron chi connectivity index (χ1n) is 15.4. The first-order chi connectivity index (χ1) is 20.2. The van der Waals surface area contributed by atoms with Crippen molar-refractivity contribution in [2.24, 2.45) is 11.8 Å². The molecule has 1 saturated carbocycles. The van der Waals surface area contributed by atoms with Gasteiger partial charge in [-0.15, -0.1) is 0 Å². The Labute approximate surface area is 259 Å². The number of ether oxygens (including phenoxy) is 1. The number of carboxylic acid groups (broad SMARTS) is 1. The van der Waals surface area contributed by atoms with Crippen molar-refractivity contribution in [1.29, 1.82) is 0 Å². The van der Waals surface area contributed by atoms with Crippen molar-refractivity contribution < 1.29 is 14.6 Å². The van der Waals surface area contributed by atoms with Crippen molar-refractivity contribution in [1.82, 2.24) is 4.98 Å². The summed E-state index contributed by atoms with van der Waals surface area (Å²) in [6, 6.07) is 15.7. The van der Waals surface area contributed by atoms with E-state index in [-0.39, 0.29) is 5.41 Å². The van der Waals surface area contributed by atoms with Gasteiger partial charge in [0.25, 0.3) is 0 Å². The molecule has 3 aliphatic carbocycles. The van der Waals surface area contributed by atoms with Crippen LogP contribution in [0.1, 0.15) is 87.1 Å². The minimum atomic E-state index is -1.03. The van der Waals surface area contributed by atoms with Crippen molar-refractivity contribution >= 4 is 34.9 Å². The monoisotopic (exact) mass is 606 g/mol. The third-order valence-electron chi connectivity index (χ3n) is 10.3. The fraction of sp³-hybridized carbons (Fsp3) is 0.486. The number of aryl methyl sites for hydroxylation is 1. The van der Waals surface area contributed by atoms with Crippen LogP contribution in [0.2, 0.25) is 10.0 Å². The molecule has 5 nitrogen and oxygen atoms in total. The van der Waals surface area contributed by atoms with Gasteiger partial charge in [-0.3, -0.25) is 4.98 Å². The van der Waals surface area contributed by atoms with Crippen LogP contribution >= 0.6 is 23.2 Å². The highest BCUT2D eigenvalue weighted by Gasteiger charge is 2.54. The summed E-state index contributed by atoms with van der Waals surface area (Å²) in [7, 11) is 0. The molecule has 1 fully saturated rings. The predicted molar refractivity (Wildman–Crippen MR) is 169 cm³/mol. The molecule has 3 atom stereocenters. The number of fused-ring (bicyclic) bond motifs is 3. The Morgan fingerprint density at radius 3 is 2.67 bits per heavy atom. The number of anilines is 1. The number of nitrogens with one attached hydrogen (secondary N) is 1. The number of rotatable bonds is 8. The summed E-state index contributed by atoms with van der Waals surface area (Å²) in [6.45, 7) is 5.22. The van der Waals surface area contributed by atoms with Crippen molar-refractivity contribution in [2.75, 3.05) is 11.9 Å². The van der Waals surface area contributed by atoms with Gasteiger partial charge in [-0.25, -0.2) is 4.79 Å². The average molecular weight is 608 g/mol. The van der Waals surface area contributed by atoms with Gasteiger partial charge < -0.3 is 15.2 Å². The molecule has 1 aromatic heterocycles. The summed E-state index contributed by atoms with van der Waals surface area (Å²) in [5, 5.41) is 15.2. The maximum Gasteiger partial charge on any atom is 0.329 e. The lowest BCUT2D eigenvalue weighted by Crippen LogP contribution is -2.53. The van der Waals surface area contributed by atoms with E-state index >= 15 is 0 Å². The molecule has 1 spiro atoms. The molecule has 3 aliphatic rings. The Morgan fingerprint density at radius 1 is 1.12 bits per heavy atom. The standard InChI is InChI=1S/C35H40Cl2N2O3/c1-22(21-42-31-11-16-38-30-8-3-5-23(2)32(30)31)17-25-18-24-19-27(37)9-10-29(24)34(25)12-14-35(15-13-34,33(40)41)39-28-7-4-6-26(36)20-28/h4,6-7,9-11,16,19-20,22-23,25,39H,3,5,8,12-15,17-18,21H2,1-2H3,(H,40,41)/t22-,23-,25+,34?,35?/m1/s1. The number of carboxylic acids is 1. The van der Waals surface area contributed by atoms with Crippen LogP contribution in [0.5, 0.6) is 5.75 Å². The quantitative estimate of drug-likeness (QED) is 0.268. The van der Waals surface area contributed by atoms with Crippen LogP contribution < -0.4 is 10.1 Å². The van der Waals surface area contributed by atoms with Crippen LogP contribution in [0.3, 0.4) is 0 Å². The van der Waals surface area contributed by atoms with E-state index in [0.717, 1.165) is 48.6 Å². The normalized spacial score (nSPS) is 27.2. The maximum absolute atomic E-state index is 12.7. The van der Waals surface area contributed by atoms with Crippen molar-refractivity contribution in [3.05, 3.63) is 87.2 Å². The van der Waals surface area contributed by atoms with Crippen LogP contribution in [0.4, 0.5) is 5.69 Å². The highest BCUT2D eigenvalue weighted by atomic mass is 35.5. The second-order valence-electron chi connectivity index (χ2n) is 13.0. The highest BCUT2D eigenvalue weighted by molar-refractivity contribution is 6.31. The molecule has 0 aliphatic heterocycles. The molecular formula is C35H40Cl2N2O3. The number of carbonyl (C=O) groups is 1. The van der Waals surface area contributed by atoms with Crippen molar-refractivity contribution in [2.45, 2.75) is 88.5 Å². The molecule has 6 rings (SSSR count). The largest absolute Gasteiger partial charge is 0.493 e. The molecule has 222 valence electrons. The van der Waals surface area contributed by atoms with Gasteiger partial charge in [0.2, 0.25) is 0 Å². The summed E-state index contributed by atoms with van der Waals surface area (Å²) < 4.78 is 6.50. The van der Waals surface area contributed by atoms with Crippen molar-refractivity contribution in [3.63, 3.8) is 0 Å².